The first-order valence-corrected chi connectivity index (χ1v) is 8.24. The SMILES string of the molecule is COC1CCN(c2cc(OCc3ccccc3)cc(Cl)n2)CC1. The van der Waals surface area contributed by atoms with E-state index in [2.05, 4.69) is 9.88 Å². The van der Waals surface area contributed by atoms with Crippen molar-refractivity contribution in [3.63, 3.8) is 0 Å². The first-order chi connectivity index (χ1) is 11.2. The maximum Gasteiger partial charge on any atom is 0.135 e. The van der Waals surface area contributed by atoms with Gasteiger partial charge < -0.3 is 14.4 Å². The predicted molar refractivity (Wildman–Crippen MR) is 92.3 cm³/mol. The quantitative estimate of drug-likeness (QED) is 0.777. The van der Waals surface area contributed by atoms with Crippen molar-refractivity contribution >= 4 is 17.4 Å². The standard InChI is InChI=1S/C18H21ClN2O2/c1-22-15-7-9-21(10-8-15)18-12-16(11-17(19)20-18)23-13-14-5-3-2-4-6-14/h2-6,11-12,15H,7-10,13H2,1H3. The van der Waals surface area contributed by atoms with E-state index in [1.54, 1.807) is 13.2 Å². The summed E-state index contributed by atoms with van der Waals surface area (Å²) in [4.78, 5) is 6.67. The predicted octanol–water partition coefficient (Wildman–Crippen LogP) is 3.93. The zero-order valence-electron chi connectivity index (χ0n) is 13.2. The van der Waals surface area contributed by atoms with Gasteiger partial charge in [0.1, 0.15) is 23.3 Å². The number of hydrogen-bond acceptors (Lipinski definition) is 4. The number of halogens is 1. The van der Waals surface area contributed by atoms with Crippen molar-refractivity contribution in [1.29, 1.82) is 0 Å². The topological polar surface area (TPSA) is 34.6 Å². The van der Waals surface area contributed by atoms with Crippen molar-refractivity contribution in [1.82, 2.24) is 4.98 Å². The highest BCUT2D eigenvalue weighted by Crippen LogP contribution is 2.26. The van der Waals surface area contributed by atoms with E-state index in [4.69, 9.17) is 21.1 Å². The molecule has 0 radical (unpaired) electrons. The Labute approximate surface area is 142 Å². The highest BCUT2D eigenvalue weighted by Gasteiger charge is 2.20. The molecule has 3 rings (SSSR count). The molecular weight excluding hydrogens is 312 g/mol. The van der Waals surface area contributed by atoms with Crippen molar-refractivity contribution in [2.24, 2.45) is 0 Å². The molecule has 1 saturated heterocycles. The second-order valence-electron chi connectivity index (χ2n) is 5.68. The molecule has 23 heavy (non-hydrogen) atoms. The normalized spacial score (nSPS) is 15.7. The zero-order chi connectivity index (χ0) is 16.1. The summed E-state index contributed by atoms with van der Waals surface area (Å²) in [5.74, 6) is 1.62. The molecule has 122 valence electrons. The number of piperidine rings is 1. The average molecular weight is 333 g/mol. The van der Waals surface area contributed by atoms with E-state index in [9.17, 15) is 0 Å². The number of aromatic nitrogens is 1. The van der Waals surface area contributed by atoms with Gasteiger partial charge in [0.05, 0.1) is 6.10 Å². The van der Waals surface area contributed by atoms with Gasteiger partial charge in [-0.2, -0.15) is 0 Å². The smallest absolute Gasteiger partial charge is 0.135 e. The third-order valence-electron chi connectivity index (χ3n) is 4.10. The van der Waals surface area contributed by atoms with Crippen LogP contribution in [0.4, 0.5) is 5.82 Å². The number of ether oxygens (including phenoxy) is 2. The molecule has 0 N–H and O–H groups in total. The Balaban J connectivity index is 1.67. The largest absolute Gasteiger partial charge is 0.489 e. The van der Waals surface area contributed by atoms with Gasteiger partial charge in [-0.15, -0.1) is 0 Å². The summed E-state index contributed by atoms with van der Waals surface area (Å²) in [6.45, 7) is 2.36. The van der Waals surface area contributed by atoms with Crippen LogP contribution in [0, 0.1) is 0 Å². The van der Waals surface area contributed by atoms with Crippen LogP contribution >= 0.6 is 11.6 Å². The Morgan fingerprint density at radius 3 is 2.61 bits per heavy atom. The zero-order valence-corrected chi connectivity index (χ0v) is 14.0. The minimum atomic E-state index is 0.347. The van der Waals surface area contributed by atoms with Gasteiger partial charge in [-0.05, 0) is 18.4 Å². The first-order valence-electron chi connectivity index (χ1n) is 7.86. The Morgan fingerprint density at radius 1 is 1.17 bits per heavy atom. The lowest BCUT2D eigenvalue weighted by Crippen LogP contribution is -2.37. The van der Waals surface area contributed by atoms with E-state index in [0.717, 1.165) is 43.1 Å². The van der Waals surface area contributed by atoms with E-state index in [1.807, 2.05) is 36.4 Å². The Morgan fingerprint density at radius 2 is 1.91 bits per heavy atom. The summed E-state index contributed by atoms with van der Waals surface area (Å²) in [6, 6.07) is 13.8. The van der Waals surface area contributed by atoms with Crippen LogP contribution < -0.4 is 9.64 Å². The summed E-state index contributed by atoms with van der Waals surface area (Å²) in [6.07, 6.45) is 2.36. The summed E-state index contributed by atoms with van der Waals surface area (Å²) < 4.78 is 11.3. The molecule has 1 aliphatic heterocycles. The molecule has 4 nitrogen and oxygen atoms in total. The molecule has 0 bridgehead atoms. The highest BCUT2D eigenvalue weighted by atomic mass is 35.5. The summed E-state index contributed by atoms with van der Waals surface area (Å²) in [5, 5.41) is 0.458. The Bertz CT molecular complexity index is 628. The van der Waals surface area contributed by atoms with Crippen LogP contribution in [0.5, 0.6) is 5.75 Å². The van der Waals surface area contributed by atoms with Gasteiger partial charge >= 0.3 is 0 Å². The lowest BCUT2D eigenvalue weighted by Gasteiger charge is -2.32. The fourth-order valence-electron chi connectivity index (χ4n) is 2.77. The number of rotatable bonds is 5. The number of methoxy groups -OCH3 is 1. The lowest BCUT2D eigenvalue weighted by atomic mass is 10.1. The van der Waals surface area contributed by atoms with Crippen LogP contribution in [0.1, 0.15) is 18.4 Å². The number of anilines is 1. The van der Waals surface area contributed by atoms with Crippen molar-refractivity contribution in [2.45, 2.75) is 25.6 Å². The molecule has 0 aliphatic carbocycles. The molecule has 1 aromatic heterocycles. The van der Waals surface area contributed by atoms with Crippen LogP contribution in [-0.2, 0) is 11.3 Å². The fraction of sp³-hybridized carbons (Fsp3) is 0.389. The molecule has 1 aliphatic rings. The van der Waals surface area contributed by atoms with Gasteiger partial charge in [-0.25, -0.2) is 4.98 Å². The molecule has 0 spiro atoms. The maximum atomic E-state index is 6.16. The van der Waals surface area contributed by atoms with E-state index in [0.29, 0.717) is 17.9 Å². The second-order valence-corrected chi connectivity index (χ2v) is 6.07. The Hall–Kier alpha value is -1.78. The molecular formula is C18H21ClN2O2. The van der Waals surface area contributed by atoms with Gasteiger partial charge in [0.15, 0.2) is 0 Å². The molecule has 1 aromatic carbocycles. The molecule has 0 atom stereocenters. The van der Waals surface area contributed by atoms with Gasteiger partial charge in [-0.3, -0.25) is 0 Å². The van der Waals surface area contributed by atoms with Gasteiger partial charge in [-0.1, -0.05) is 41.9 Å². The third kappa shape index (κ3) is 4.36. The van der Waals surface area contributed by atoms with Gasteiger partial charge in [0.2, 0.25) is 0 Å². The lowest BCUT2D eigenvalue weighted by molar-refractivity contribution is 0.0818. The Kier molecular flexibility index (Phi) is 5.36. The minimum absolute atomic E-state index is 0.347. The third-order valence-corrected chi connectivity index (χ3v) is 4.30. The van der Waals surface area contributed by atoms with E-state index < -0.39 is 0 Å². The van der Waals surface area contributed by atoms with Crippen molar-refractivity contribution in [3.05, 3.63) is 53.2 Å². The van der Waals surface area contributed by atoms with Gasteiger partial charge in [0, 0.05) is 32.3 Å². The van der Waals surface area contributed by atoms with Crippen LogP contribution in [-0.4, -0.2) is 31.3 Å². The van der Waals surface area contributed by atoms with Crippen LogP contribution in [0.25, 0.3) is 0 Å². The molecule has 0 unspecified atom stereocenters. The number of pyridine rings is 1. The highest BCUT2D eigenvalue weighted by molar-refractivity contribution is 6.29. The van der Waals surface area contributed by atoms with Crippen LogP contribution in [0.15, 0.2) is 42.5 Å². The molecule has 0 saturated carbocycles. The average Bonchev–Trinajstić information content (AvgIpc) is 2.60. The summed E-state index contributed by atoms with van der Waals surface area (Å²) >= 11 is 6.16. The van der Waals surface area contributed by atoms with Gasteiger partial charge in [0.25, 0.3) is 0 Å². The maximum absolute atomic E-state index is 6.16. The van der Waals surface area contributed by atoms with Crippen LogP contribution in [0.3, 0.4) is 0 Å². The number of benzene rings is 1. The summed E-state index contributed by atoms with van der Waals surface area (Å²) in [7, 11) is 1.77. The molecule has 2 aromatic rings. The molecule has 2 heterocycles. The monoisotopic (exact) mass is 332 g/mol. The fourth-order valence-corrected chi connectivity index (χ4v) is 2.96. The van der Waals surface area contributed by atoms with Crippen molar-refractivity contribution in [2.75, 3.05) is 25.1 Å². The van der Waals surface area contributed by atoms with E-state index in [1.165, 1.54) is 0 Å². The first kappa shape index (κ1) is 16.1. The second kappa shape index (κ2) is 7.66. The van der Waals surface area contributed by atoms with Crippen molar-refractivity contribution in [3.8, 4) is 5.75 Å². The van der Waals surface area contributed by atoms with E-state index >= 15 is 0 Å². The minimum Gasteiger partial charge on any atom is -0.489 e. The number of hydrogen-bond donors (Lipinski definition) is 0. The van der Waals surface area contributed by atoms with Crippen molar-refractivity contribution < 1.29 is 9.47 Å². The van der Waals surface area contributed by atoms with E-state index in [-0.39, 0.29) is 0 Å². The molecule has 1 fully saturated rings. The van der Waals surface area contributed by atoms with Crippen LogP contribution in [0.2, 0.25) is 5.15 Å². The molecule has 5 heteroatoms. The number of nitrogens with zero attached hydrogens (tertiary/aromatic N) is 2. The summed E-state index contributed by atoms with van der Waals surface area (Å²) in [5.41, 5.74) is 1.13. The molecule has 0 amide bonds.